The minimum absolute atomic E-state index is 0.376. The summed E-state index contributed by atoms with van der Waals surface area (Å²) in [7, 11) is 1.34. The van der Waals surface area contributed by atoms with Gasteiger partial charge in [-0.1, -0.05) is 12.1 Å². The van der Waals surface area contributed by atoms with Crippen molar-refractivity contribution in [2.75, 3.05) is 12.9 Å². The number of methoxy groups -OCH3 is 1. The van der Waals surface area contributed by atoms with Gasteiger partial charge in [0.1, 0.15) is 6.04 Å². The van der Waals surface area contributed by atoms with Crippen LogP contribution in [0.4, 0.5) is 0 Å². The fourth-order valence-corrected chi connectivity index (χ4v) is 2.17. The van der Waals surface area contributed by atoms with Gasteiger partial charge in [0, 0.05) is 6.42 Å². The van der Waals surface area contributed by atoms with Crippen molar-refractivity contribution >= 4 is 17.7 Å². The second kappa shape index (κ2) is 8.10. The van der Waals surface area contributed by atoms with Crippen molar-refractivity contribution in [3.63, 3.8) is 0 Å². The molecular weight excluding hydrogens is 254 g/mol. The average molecular weight is 273 g/mol. The zero-order valence-electron chi connectivity index (χ0n) is 10.7. The van der Waals surface area contributed by atoms with Crippen LogP contribution in [0.1, 0.15) is 31.5 Å². The molecule has 0 radical (unpaired) electrons. The number of carbonyl (C=O) groups excluding carboxylic acids is 1. The van der Waals surface area contributed by atoms with E-state index < -0.39 is 6.04 Å². The van der Waals surface area contributed by atoms with Crippen LogP contribution in [0.2, 0.25) is 0 Å². The summed E-state index contributed by atoms with van der Waals surface area (Å²) in [5, 5.41) is 3.86. The van der Waals surface area contributed by atoms with Crippen LogP contribution in [0.15, 0.2) is 4.52 Å². The second-order valence-electron chi connectivity index (χ2n) is 3.83. The molecule has 0 aromatic carbocycles. The van der Waals surface area contributed by atoms with Gasteiger partial charge in [-0.15, -0.1) is 0 Å². The Morgan fingerprint density at radius 2 is 2.39 bits per heavy atom. The van der Waals surface area contributed by atoms with Crippen LogP contribution >= 0.6 is 11.8 Å². The number of hydrogen-bond acceptors (Lipinski definition) is 7. The predicted octanol–water partition coefficient (Wildman–Crippen LogP) is 1.15. The number of nitrogens with two attached hydrogens (primary N) is 1. The van der Waals surface area contributed by atoms with Crippen molar-refractivity contribution in [3.05, 3.63) is 11.7 Å². The fourth-order valence-electron chi connectivity index (χ4n) is 1.31. The first-order chi connectivity index (χ1) is 8.67. The van der Waals surface area contributed by atoms with E-state index in [-0.39, 0.29) is 5.97 Å². The topological polar surface area (TPSA) is 91.2 Å². The second-order valence-corrected chi connectivity index (χ2v) is 4.93. The van der Waals surface area contributed by atoms with Gasteiger partial charge in [0.2, 0.25) is 5.89 Å². The van der Waals surface area contributed by atoms with Gasteiger partial charge in [0.05, 0.1) is 12.9 Å². The van der Waals surface area contributed by atoms with Gasteiger partial charge >= 0.3 is 5.97 Å². The number of nitrogens with zero attached hydrogens (tertiary/aromatic N) is 2. The van der Waals surface area contributed by atoms with Crippen molar-refractivity contribution in [1.29, 1.82) is 0 Å². The summed E-state index contributed by atoms with van der Waals surface area (Å²) in [5.41, 5.74) is 5.61. The van der Waals surface area contributed by atoms with E-state index in [1.807, 2.05) is 0 Å². The van der Waals surface area contributed by atoms with Gasteiger partial charge < -0.3 is 15.0 Å². The Bertz CT molecular complexity index is 370. The van der Waals surface area contributed by atoms with E-state index in [1.54, 1.807) is 11.8 Å². The first-order valence-corrected chi connectivity index (χ1v) is 7.05. The lowest BCUT2D eigenvalue weighted by Crippen LogP contribution is -2.31. The van der Waals surface area contributed by atoms with E-state index in [0.717, 1.165) is 24.4 Å². The summed E-state index contributed by atoms with van der Waals surface area (Å²) in [4.78, 5) is 15.3. The Morgan fingerprint density at radius 3 is 3.06 bits per heavy atom. The Balaban J connectivity index is 2.19. The highest BCUT2D eigenvalue weighted by atomic mass is 32.2. The third-order valence-corrected chi connectivity index (χ3v) is 3.26. The van der Waals surface area contributed by atoms with Crippen LogP contribution in [0.3, 0.4) is 0 Å². The Morgan fingerprint density at radius 1 is 1.61 bits per heavy atom. The lowest BCUT2D eigenvalue weighted by Gasteiger charge is -2.07. The number of hydrogen-bond donors (Lipinski definition) is 1. The largest absolute Gasteiger partial charge is 0.468 e. The quantitative estimate of drug-likeness (QED) is 0.561. The molecule has 0 amide bonds. The molecule has 1 heterocycles. The van der Waals surface area contributed by atoms with Crippen molar-refractivity contribution < 1.29 is 14.1 Å². The maximum atomic E-state index is 11.1. The molecule has 1 aromatic rings. The van der Waals surface area contributed by atoms with Crippen LogP contribution in [-0.4, -0.2) is 35.0 Å². The summed E-state index contributed by atoms with van der Waals surface area (Å²) in [6.45, 7) is 2.07. The molecule has 0 bridgehead atoms. The summed E-state index contributed by atoms with van der Waals surface area (Å²) in [6.07, 6.45) is 2.41. The van der Waals surface area contributed by atoms with Gasteiger partial charge in [-0.3, -0.25) is 4.79 Å². The average Bonchev–Trinajstić information content (AvgIpc) is 2.81. The van der Waals surface area contributed by atoms with E-state index in [0.29, 0.717) is 18.1 Å². The molecule has 7 heteroatoms. The number of thioether (sulfide) groups is 1. The summed E-state index contributed by atoms with van der Waals surface area (Å²) in [5.74, 6) is 2.39. The Kier molecular flexibility index (Phi) is 6.74. The molecule has 0 spiro atoms. The molecule has 0 aliphatic carbocycles. The lowest BCUT2D eigenvalue weighted by atomic mass is 10.2. The maximum absolute atomic E-state index is 11.1. The van der Waals surface area contributed by atoms with Gasteiger partial charge in [-0.25, -0.2) is 0 Å². The highest BCUT2D eigenvalue weighted by molar-refractivity contribution is 7.98. The van der Waals surface area contributed by atoms with E-state index in [9.17, 15) is 4.79 Å². The minimum Gasteiger partial charge on any atom is -0.468 e. The van der Waals surface area contributed by atoms with E-state index >= 15 is 0 Å². The number of esters is 1. The minimum atomic E-state index is -0.555. The van der Waals surface area contributed by atoms with Gasteiger partial charge in [0.15, 0.2) is 5.82 Å². The lowest BCUT2D eigenvalue weighted by molar-refractivity contribution is -0.142. The van der Waals surface area contributed by atoms with Gasteiger partial charge in [-0.05, 0) is 18.6 Å². The number of ether oxygens (including phenoxy) is 1. The third-order valence-electron chi connectivity index (χ3n) is 2.29. The smallest absolute Gasteiger partial charge is 0.322 e. The Labute approximate surface area is 111 Å². The zero-order valence-corrected chi connectivity index (χ0v) is 11.5. The summed E-state index contributed by atoms with van der Waals surface area (Å²) in [6, 6.07) is -0.555. The monoisotopic (exact) mass is 273 g/mol. The van der Waals surface area contributed by atoms with Gasteiger partial charge in [0.25, 0.3) is 0 Å². The van der Waals surface area contributed by atoms with Crippen molar-refractivity contribution in [2.24, 2.45) is 5.73 Å². The fraction of sp³-hybridized carbons (Fsp3) is 0.727. The highest BCUT2D eigenvalue weighted by Gasteiger charge is 2.13. The standard InChI is InChI=1S/C11H19N3O3S/c1-3-4-9-13-10(17-14-9)7-18-6-5-8(12)11(15)16-2/h8H,3-7,12H2,1-2H3. The molecule has 1 unspecified atom stereocenters. The molecule has 0 aliphatic rings. The number of aryl methyl sites for hydroxylation is 1. The van der Waals surface area contributed by atoms with Crippen LogP contribution in [0, 0.1) is 0 Å². The maximum Gasteiger partial charge on any atom is 0.322 e. The number of aromatic nitrogens is 2. The van der Waals surface area contributed by atoms with Crippen LogP contribution in [0.5, 0.6) is 0 Å². The van der Waals surface area contributed by atoms with Crippen LogP contribution in [0.25, 0.3) is 0 Å². The van der Waals surface area contributed by atoms with Crippen LogP contribution in [-0.2, 0) is 21.7 Å². The molecule has 0 saturated carbocycles. The SMILES string of the molecule is CCCc1noc(CSCCC(N)C(=O)OC)n1. The van der Waals surface area contributed by atoms with Crippen molar-refractivity contribution in [3.8, 4) is 0 Å². The molecule has 6 nitrogen and oxygen atoms in total. The zero-order chi connectivity index (χ0) is 13.4. The highest BCUT2D eigenvalue weighted by Crippen LogP contribution is 2.12. The van der Waals surface area contributed by atoms with E-state index in [4.69, 9.17) is 10.3 Å². The Hall–Kier alpha value is -1.08. The third kappa shape index (κ3) is 5.05. The molecule has 18 heavy (non-hydrogen) atoms. The number of carbonyl (C=O) groups is 1. The van der Waals surface area contributed by atoms with E-state index in [1.165, 1.54) is 7.11 Å². The normalized spacial score (nSPS) is 12.4. The summed E-state index contributed by atoms with van der Waals surface area (Å²) >= 11 is 1.61. The summed E-state index contributed by atoms with van der Waals surface area (Å²) < 4.78 is 9.63. The molecule has 1 aromatic heterocycles. The number of rotatable bonds is 8. The van der Waals surface area contributed by atoms with Crippen molar-refractivity contribution in [2.45, 2.75) is 38.0 Å². The van der Waals surface area contributed by atoms with Crippen LogP contribution < -0.4 is 5.73 Å². The van der Waals surface area contributed by atoms with Gasteiger partial charge in [-0.2, -0.15) is 16.7 Å². The first-order valence-electron chi connectivity index (χ1n) is 5.90. The molecule has 1 rings (SSSR count). The molecule has 1 atom stereocenters. The first kappa shape index (κ1) is 15.0. The molecule has 0 fully saturated rings. The molecule has 0 saturated heterocycles. The van der Waals surface area contributed by atoms with E-state index in [2.05, 4.69) is 21.8 Å². The van der Waals surface area contributed by atoms with Crippen molar-refractivity contribution in [1.82, 2.24) is 10.1 Å². The molecular formula is C11H19N3O3S. The molecule has 102 valence electrons. The predicted molar refractivity (Wildman–Crippen MR) is 69.1 cm³/mol. The molecule has 0 aliphatic heterocycles. The molecule has 2 N–H and O–H groups in total.